The normalized spacial score (nSPS) is 12.7. The number of carbonyl (C=O) groups excluding carboxylic acids is 2. The number of benzene rings is 2. The van der Waals surface area contributed by atoms with Crippen molar-refractivity contribution < 1.29 is 18.7 Å². The highest BCUT2D eigenvalue weighted by Gasteiger charge is 2.28. The van der Waals surface area contributed by atoms with Gasteiger partial charge >= 0.3 is 0 Å². The average Bonchev–Trinajstić information content (AvgIpc) is 2.72. The predicted molar refractivity (Wildman–Crippen MR) is 116 cm³/mol. The van der Waals surface area contributed by atoms with E-state index in [0.717, 1.165) is 6.42 Å². The average molecular weight is 455 g/mol. The van der Waals surface area contributed by atoms with Gasteiger partial charge in [0.05, 0.1) is 0 Å². The Kier molecular flexibility index (Phi) is 8.93. The molecular formula is C22H25Cl2FN2O3. The molecule has 0 saturated carbocycles. The van der Waals surface area contributed by atoms with E-state index in [0.29, 0.717) is 21.4 Å². The second-order valence-electron chi connectivity index (χ2n) is 6.96. The lowest BCUT2D eigenvalue weighted by atomic mass is 10.1. The van der Waals surface area contributed by atoms with Crippen LogP contribution in [0.3, 0.4) is 0 Å². The summed E-state index contributed by atoms with van der Waals surface area (Å²) in [5.41, 5.74) is 0.541. The van der Waals surface area contributed by atoms with Gasteiger partial charge in [0.2, 0.25) is 5.91 Å². The molecule has 0 aliphatic carbocycles. The first-order chi connectivity index (χ1) is 14.2. The summed E-state index contributed by atoms with van der Waals surface area (Å²) in [6.07, 6.45) is 0.760. The fraction of sp³-hybridized carbons (Fsp3) is 0.364. The van der Waals surface area contributed by atoms with Crippen molar-refractivity contribution >= 4 is 35.0 Å². The van der Waals surface area contributed by atoms with Crippen LogP contribution < -0.4 is 10.1 Å². The molecule has 2 atom stereocenters. The minimum atomic E-state index is -0.782. The van der Waals surface area contributed by atoms with Crippen LogP contribution in [-0.4, -0.2) is 35.4 Å². The fourth-order valence-electron chi connectivity index (χ4n) is 2.66. The van der Waals surface area contributed by atoms with Crippen molar-refractivity contribution in [2.45, 2.75) is 45.8 Å². The number of nitrogens with one attached hydrogen (secondary N) is 1. The summed E-state index contributed by atoms with van der Waals surface area (Å²) in [5.74, 6) is -0.777. The van der Waals surface area contributed by atoms with E-state index < -0.39 is 17.8 Å². The SMILES string of the molecule is CCC(C)NC(=O)C(C)N(Cc1c(Cl)cccc1Cl)C(=O)COc1ccc(F)cc1. The molecule has 1 N–H and O–H groups in total. The van der Waals surface area contributed by atoms with Gasteiger partial charge in [-0.15, -0.1) is 0 Å². The molecule has 30 heavy (non-hydrogen) atoms. The zero-order valence-corrected chi connectivity index (χ0v) is 18.6. The number of ether oxygens (including phenoxy) is 1. The molecular weight excluding hydrogens is 430 g/mol. The number of amides is 2. The third kappa shape index (κ3) is 6.61. The Morgan fingerprint density at radius 1 is 1.10 bits per heavy atom. The quantitative estimate of drug-likeness (QED) is 0.589. The van der Waals surface area contributed by atoms with E-state index in [4.69, 9.17) is 27.9 Å². The van der Waals surface area contributed by atoms with Crippen LogP contribution in [0.4, 0.5) is 4.39 Å². The standard InChI is InChI=1S/C22H25Cl2FN2O3/c1-4-14(2)26-22(29)15(3)27(12-18-19(23)6-5-7-20(18)24)21(28)13-30-17-10-8-16(25)9-11-17/h5-11,14-15H,4,12-13H2,1-3H3,(H,26,29). The number of halogens is 3. The van der Waals surface area contributed by atoms with Crippen molar-refractivity contribution in [3.05, 3.63) is 63.9 Å². The minimum Gasteiger partial charge on any atom is -0.484 e. The van der Waals surface area contributed by atoms with Gasteiger partial charge in [-0.2, -0.15) is 0 Å². The van der Waals surface area contributed by atoms with Crippen LogP contribution in [0.1, 0.15) is 32.8 Å². The van der Waals surface area contributed by atoms with Crippen molar-refractivity contribution in [2.24, 2.45) is 0 Å². The Hall–Kier alpha value is -2.31. The molecule has 162 valence electrons. The lowest BCUT2D eigenvalue weighted by Crippen LogP contribution is -2.50. The predicted octanol–water partition coefficient (Wildman–Crippen LogP) is 4.84. The van der Waals surface area contributed by atoms with Crippen LogP contribution in [0, 0.1) is 5.82 Å². The van der Waals surface area contributed by atoms with Crippen LogP contribution in [-0.2, 0) is 16.1 Å². The monoisotopic (exact) mass is 454 g/mol. The first-order valence-corrected chi connectivity index (χ1v) is 10.4. The summed E-state index contributed by atoms with van der Waals surface area (Å²) < 4.78 is 18.5. The summed E-state index contributed by atoms with van der Waals surface area (Å²) in [4.78, 5) is 27.0. The summed E-state index contributed by atoms with van der Waals surface area (Å²) in [6, 6.07) is 9.57. The molecule has 2 rings (SSSR count). The largest absolute Gasteiger partial charge is 0.484 e. The highest BCUT2D eigenvalue weighted by atomic mass is 35.5. The first-order valence-electron chi connectivity index (χ1n) is 9.64. The molecule has 0 spiro atoms. The number of rotatable bonds is 9. The smallest absolute Gasteiger partial charge is 0.261 e. The van der Waals surface area contributed by atoms with Crippen LogP contribution in [0.25, 0.3) is 0 Å². The molecule has 0 fully saturated rings. The second-order valence-corrected chi connectivity index (χ2v) is 7.77. The maximum absolute atomic E-state index is 13.1. The summed E-state index contributed by atoms with van der Waals surface area (Å²) >= 11 is 12.5. The Morgan fingerprint density at radius 3 is 2.27 bits per heavy atom. The van der Waals surface area contributed by atoms with E-state index in [1.807, 2.05) is 13.8 Å². The van der Waals surface area contributed by atoms with E-state index in [-0.39, 0.29) is 25.1 Å². The Morgan fingerprint density at radius 2 is 1.70 bits per heavy atom. The van der Waals surface area contributed by atoms with Crippen LogP contribution in [0.15, 0.2) is 42.5 Å². The fourth-order valence-corrected chi connectivity index (χ4v) is 3.18. The summed E-state index contributed by atoms with van der Waals surface area (Å²) in [6.45, 7) is 5.20. The molecule has 0 aliphatic rings. The van der Waals surface area contributed by atoms with Crippen LogP contribution in [0.2, 0.25) is 10.0 Å². The number of carbonyl (C=O) groups is 2. The van der Waals surface area contributed by atoms with E-state index >= 15 is 0 Å². The molecule has 0 radical (unpaired) electrons. The van der Waals surface area contributed by atoms with Gasteiger partial charge in [0.25, 0.3) is 5.91 Å². The molecule has 2 amide bonds. The highest BCUT2D eigenvalue weighted by Crippen LogP contribution is 2.26. The van der Waals surface area contributed by atoms with E-state index in [1.165, 1.54) is 29.2 Å². The van der Waals surface area contributed by atoms with Gasteiger partial charge < -0.3 is 15.0 Å². The van der Waals surface area contributed by atoms with Gasteiger partial charge in [-0.05, 0) is 56.7 Å². The van der Waals surface area contributed by atoms with E-state index in [9.17, 15) is 14.0 Å². The molecule has 0 bridgehead atoms. The van der Waals surface area contributed by atoms with Crippen molar-refractivity contribution in [2.75, 3.05) is 6.61 Å². The molecule has 2 unspecified atom stereocenters. The molecule has 2 aromatic carbocycles. The molecule has 0 heterocycles. The van der Waals surface area contributed by atoms with Gasteiger partial charge in [-0.25, -0.2) is 4.39 Å². The zero-order chi connectivity index (χ0) is 22.3. The maximum atomic E-state index is 13.1. The molecule has 0 saturated heterocycles. The molecule has 0 aliphatic heterocycles. The summed E-state index contributed by atoms with van der Waals surface area (Å²) in [7, 11) is 0. The van der Waals surface area contributed by atoms with Crippen molar-refractivity contribution in [3.63, 3.8) is 0 Å². The molecule has 5 nitrogen and oxygen atoms in total. The minimum absolute atomic E-state index is 0.0312. The van der Waals surface area contributed by atoms with E-state index in [2.05, 4.69) is 5.32 Å². The Bertz CT molecular complexity index is 857. The number of hydrogen-bond donors (Lipinski definition) is 1. The third-order valence-corrected chi connectivity index (χ3v) is 5.44. The maximum Gasteiger partial charge on any atom is 0.261 e. The van der Waals surface area contributed by atoms with Gasteiger partial charge in [0.1, 0.15) is 17.6 Å². The van der Waals surface area contributed by atoms with Crippen molar-refractivity contribution in [3.8, 4) is 5.75 Å². The van der Waals surface area contributed by atoms with Gasteiger partial charge in [-0.1, -0.05) is 36.2 Å². The summed E-state index contributed by atoms with van der Waals surface area (Å²) in [5, 5.41) is 3.67. The highest BCUT2D eigenvalue weighted by molar-refractivity contribution is 6.36. The van der Waals surface area contributed by atoms with Gasteiger partial charge in [-0.3, -0.25) is 9.59 Å². The first kappa shape index (κ1) is 24.0. The van der Waals surface area contributed by atoms with Crippen molar-refractivity contribution in [1.82, 2.24) is 10.2 Å². The molecule has 2 aromatic rings. The Balaban J connectivity index is 2.21. The lowest BCUT2D eigenvalue weighted by Gasteiger charge is -2.30. The topological polar surface area (TPSA) is 58.6 Å². The number of hydrogen-bond acceptors (Lipinski definition) is 3. The van der Waals surface area contributed by atoms with Crippen LogP contribution in [0.5, 0.6) is 5.75 Å². The lowest BCUT2D eigenvalue weighted by molar-refractivity contribution is -0.142. The second kappa shape index (κ2) is 11.2. The number of nitrogens with zero attached hydrogens (tertiary/aromatic N) is 1. The van der Waals surface area contributed by atoms with E-state index in [1.54, 1.807) is 25.1 Å². The molecule has 8 heteroatoms. The Labute approximate surface area is 186 Å². The van der Waals surface area contributed by atoms with Gasteiger partial charge in [0, 0.05) is 28.2 Å². The third-order valence-electron chi connectivity index (χ3n) is 4.73. The zero-order valence-electron chi connectivity index (χ0n) is 17.1. The van der Waals surface area contributed by atoms with Crippen LogP contribution >= 0.6 is 23.2 Å². The molecule has 0 aromatic heterocycles. The van der Waals surface area contributed by atoms with Crippen molar-refractivity contribution in [1.29, 1.82) is 0 Å². The van der Waals surface area contributed by atoms with Gasteiger partial charge in [0.15, 0.2) is 6.61 Å².